The molecule has 0 heterocycles. The molecule has 0 unspecified atom stereocenters. The van der Waals surface area contributed by atoms with Gasteiger partial charge in [0.1, 0.15) is 11.4 Å². The number of aliphatic imine (C=N–C) groups is 2. The van der Waals surface area contributed by atoms with Crippen molar-refractivity contribution in [1.82, 2.24) is 5.32 Å². The molecule has 58 heavy (non-hydrogen) atoms. The normalized spacial score (nSPS) is 14.7. The third-order valence-electron chi connectivity index (χ3n) is 7.21. The van der Waals surface area contributed by atoms with E-state index in [4.69, 9.17) is 0 Å². The van der Waals surface area contributed by atoms with Crippen molar-refractivity contribution in [2.24, 2.45) is 9.98 Å². The molecule has 0 spiro atoms. The van der Waals surface area contributed by atoms with E-state index in [9.17, 15) is 111 Å². The average Bonchev–Trinajstić information content (AvgIpc) is 3.04. The zero-order valence-corrected chi connectivity index (χ0v) is 26.7. The monoisotopic (exact) mass is 907 g/mol. The third-order valence-corrected chi connectivity index (χ3v) is 7.21. The molecule has 1 amide bonds. The van der Waals surface area contributed by atoms with Gasteiger partial charge < -0.3 is 10.1 Å². The molecule has 0 saturated carbocycles. The molecule has 0 saturated heterocycles. The van der Waals surface area contributed by atoms with Crippen molar-refractivity contribution in [2.45, 2.75) is 85.2 Å². The summed E-state index contributed by atoms with van der Waals surface area (Å²) in [5.74, 6) is -106. The Morgan fingerprint density at radius 3 is 1.21 bits per heavy atom. The molecule has 33 heteroatoms. The van der Waals surface area contributed by atoms with Crippen LogP contribution in [0.2, 0.25) is 0 Å². The Morgan fingerprint density at radius 1 is 0.569 bits per heavy atom. The molecule has 0 aliphatic heterocycles. The van der Waals surface area contributed by atoms with Crippen molar-refractivity contribution in [3.63, 3.8) is 0 Å². The molecule has 0 aliphatic rings. The van der Waals surface area contributed by atoms with E-state index >= 15 is 17.6 Å². The first-order valence-corrected chi connectivity index (χ1v) is 13.4. The molecule has 0 aliphatic carbocycles. The summed E-state index contributed by atoms with van der Waals surface area (Å²) in [6.07, 6.45) is -7.33. The predicted octanol–water partition coefficient (Wildman–Crippen LogP) is 9.19. The highest BCUT2D eigenvalue weighted by molar-refractivity contribution is 5.99. The van der Waals surface area contributed by atoms with Crippen LogP contribution in [0, 0.1) is 6.92 Å². The lowest BCUT2D eigenvalue weighted by atomic mass is 9.82. The minimum atomic E-state index is -9.81. The number of ether oxygens (including phenoxy) is 1. The van der Waals surface area contributed by atoms with Crippen LogP contribution in [0.25, 0.3) is 0 Å². The molecular weight excluding hydrogens is 897 g/mol. The Balaban J connectivity index is 4.28. The fourth-order valence-electron chi connectivity index (χ4n) is 4.10. The van der Waals surface area contributed by atoms with Crippen LogP contribution in [-0.2, 0) is 25.0 Å². The number of carbonyl (C=O) groups is 2. The van der Waals surface area contributed by atoms with Crippen molar-refractivity contribution in [3.05, 3.63) is 22.8 Å². The van der Waals surface area contributed by atoms with Gasteiger partial charge in [0.2, 0.25) is 12.2 Å². The molecule has 0 bridgehead atoms. The number of nitrogens with one attached hydrogen (secondary N) is 1. The zero-order valence-electron chi connectivity index (χ0n) is 26.7. The number of hydrogen-bond acceptors (Lipinski definition) is 7. The average molecular weight is 907 g/mol. The lowest BCUT2D eigenvalue weighted by Crippen LogP contribution is -2.78. The lowest BCUT2D eigenvalue weighted by Gasteiger charge is -2.45. The van der Waals surface area contributed by atoms with Gasteiger partial charge in [0, 0.05) is 12.5 Å². The quantitative estimate of drug-likeness (QED) is 0.0585. The van der Waals surface area contributed by atoms with E-state index in [0.717, 1.165) is 0 Å². The van der Waals surface area contributed by atoms with Gasteiger partial charge in [0.25, 0.3) is 5.91 Å². The van der Waals surface area contributed by atoms with Gasteiger partial charge in [-0.15, -0.1) is 0 Å². The molecule has 1 N–H and O–H groups in total. The number of amides is 1. The van der Waals surface area contributed by atoms with E-state index in [2.05, 4.69) is 14.7 Å². The maximum atomic E-state index is 15.5. The van der Waals surface area contributed by atoms with Crippen LogP contribution in [0.3, 0.4) is 0 Å². The minimum Gasteiger partial charge on any atom is -0.445 e. The van der Waals surface area contributed by atoms with Crippen molar-refractivity contribution in [1.29, 1.82) is 0 Å². The standard InChI is InChI=1S/C25H10F25N3O5/c1-7-11(9(13(57)53-6-58-8(2)56)3-10(51-4-54)12(7)52-5-55)14(26,27)15(28,29)16(30,31)17(32,33)18(34,35)19(36,37)20(38,39)21(40,41)22(42,43)23(44,45)24(46,47)25(48,49)50/h3H,6H2,1-2H3,(H,53,57). The van der Waals surface area contributed by atoms with Crippen LogP contribution < -0.4 is 5.32 Å². The molecule has 1 aromatic carbocycles. The van der Waals surface area contributed by atoms with Crippen LogP contribution in [-0.4, -0.2) is 96.2 Å². The molecule has 0 aromatic heterocycles. The van der Waals surface area contributed by atoms with Crippen LogP contribution in [0.5, 0.6) is 0 Å². The third kappa shape index (κ3) is 6.95. The molecule has 0 radical (unpaired) electrons. The van der Waals surface area contributed by atoms with Gasteiger partial charge in [-0.3, -0.25) is 9.59 Å². The van der Waals surface area contributed by atoms with Gasteiger partial charge in [-0.2, -0.15) is 120 Å². The highest BCUT2D eigenvalue weighted by Crippen LogP contribution is 2.68. The van der Waals surface area contributed by atoms with Gasteiger partial charge in [-0.25, -0.2) is 9.59 Å². The Kier molecular flexibility index (Phi) is 13.0. The van der Waals surface area contributed by atoms with Gasteiger partial charge in [0.05, 0.1) is 5.56 Å². The second-order valence-electron chi connectivity index (χ2n) is 10.8. The molecule has 1 aromatic rings. The summed E-state index contributed by atoms with van der Waals surface area (Å²) >= 11 is 0. The van der Waals surface area contributed by atoms with Gasteiger partial charge >= 0.3 is 77.3 Å². The smallest absolute Gasteiger partial charge is 0.445 e. The first kappa shape index (κ1) is 51.2. The first-order chi connectivity index (χ1) is 25.4. The van der Waals surface area contributed by atoms with Crippen molar-refractivity contribution in [3.8, 4) is 0 Å². The van der Waals surface area contributed by atoms with E-state index in [0.29, 0.717) is 19.1 Å². The minimum absolute atomic E-state index is 0.165. The maximum absolute atomic E-state index is 15.5. The first-order valence-electron chi connectivity index (χ1n) is 13.4. The number of esters is 1. The maximum Gasteiger partial charge on any atom is 0.460 e. The molecule has 330 valence electrons. The second kappa shape index (κ2) is 14.8. The topological polar surface area (TPSA) is 114 Å². The Morgan fingerprint density at radius 2 is 0.897 bits per heavy atom. The molecule has 0 fully saturated rings. The number of carbonyl (C=O) groups excluding carboxylic acids is 4. The summed E-state index contributed by atoms with van der Waals surface area (Å²) in [5, 5.41) is 1.18. The summed E-state index contributed by atoms with van der Waals surface area (Å²) < 4.78 is 354. The van der Waals surface area contributed by atoms with E-state index in [1.807, 2.05) is 0 Å². The summed E-state index contributed by atoms with van der Waals surface area (Å²) in [6, 6.07) is -0.490. The van der Waals surface area contributed by atoms with Gasteiger partial charge in [0.15, 0.2) is 6.73 Å². The molecular formula is C25H10F25N3O5. The van der Waals surface area contributed by atoms with Crippen molar-refractivity contribution < 1.29 is 134 Å². The number of benzene rings is 1. The SMILES string of the molecule is CC(=O)OCNC(=O)c1cc(N=C=O)c(N=C=O)c(C)c1C(F)(F)C(F)(F)C(F)(F)C(F)(F)C(F)(F)C(F)(F)C(F)(F)C(F)(F)C(F)(F)C(F)(F)C(F)(F)C(F)(F)F. The van der Waals surface area contributed by atoms with E-state index in [1.165, 1.54) is 5.32 Å². The number of rotatable bonds is 16. The molecule has 8 nitrogen and oxygen atoms in total. The summed E-state index contributed by atoms with van der Waals surface area (Å²) in [7, 11) is 0. The number of alkyl halides is 25. The van der Waals surface area contributed by atoms with E-state index in [1.54, 1.807) is 0 Å². The molecule has 1 rings (SSSR count). The fourth-order valence-corrected chi connectivity index (χ4v) is 4.10. The number of isocyanates is 2. The van der Waals surface area contributed by atoms with Crippen molar-refractivity contribution >= 4 is 35.4 Å². The number of halogens is 25. The van der Waals surface area contributed by atoms with Crippen molar-refractivity contribution in [2.75, 3.05) is 6.73 Å². The number of nitrogens with zero attached hydrogens (tertiary/aromatic N) is 2. The van der Waals surface area contributed by atoms with E-state index < -0.39 is 124 Å². The van der Waals surface area contributed by atoms with Crippen LogP contribution in [0.1, 0.15) is 28.4 Å². The van der Waals surface area contributed by atoms with Crippen LogP contribution in [0.4, 0.5) is 121 Å². The van der Waals surface area contributed by atoms with E-state index in [-0.39, 0.29) is 6.92 Å². The van der Waals surface area contributed by atoms with Gasteiger partial charge in [-0.05, 0) is 18.6 Å². The summed E-state index contributed by atoms with van der Waals surface area (Å²) in [6.45, 7) is -1.17. The van der Waals surface area contributed by atoms with Gasteiger partial charge in [-0.1, -0.05) is 0 Å². The largest absolute Gasteiger partial charge is 0.460 e. The Bertz CT molecular complexity index is 1880. The predicted molar refractivity (Wildman–Crippen MR) is 130 cm³/mol. The van der Waals surface area contributed by atoms with Crippen LogP contribution in [0.15, 0.2) is 16.1 Å². The summed E-state index contributed by atoms with van der Waals surface area (Å²) in [4.78, 5) is 50.0. The molecule has 0 atom stereocenters. The Hall–Kier alpha value is -4.83. The Labute approximate surface area is 300 Å². The summed E-state index contributed by atoms with van der Waals surface area (Å²) in [5.41, 5.74) is -11.1. The van der Waals surface area contributed by atoms with Crippen LogP contribution >= 0.6 is 0 Å². The number of hydrogen-bond donors (Lipinski definition) is 1. The fraction of sp³-hybridized carbons (Fsp3) is 0.600. The highest BCUT2D eigenvalue weighted by atomic mass is 19.4. The second-order valence-corrected chi connectivity index (χ2v) is 10.8. The highest BCUT2D eigenvalue weighted by Gasteiger charge is 2.99. The lowest BCUT2D eigenvalue weighted by molar-refractivity contribution is -0.482. The zero-order chi connectivity index (χ0) is 46.7.